The molecule has 2 aromatic rings. The molecule has 0 amide bonds. The van der Waals surface area contributed by atoms with E-state index in [0.717, 1.165) is 12.8 Å². The molecule has 2 heterocycles. The van der Waals surface area contributed by atoms with Gasteiger partial charge in [0.15, 0.2) is 0 Å². The van der Waals surface area contributed by atoms with Crippen molar-refractivity contribution in [3.63, 3.8) is 0 Å². The smallest absolute Gasteiger partial charge is 0.0487 e. The molecule has 0 saturated carbocycles. The van der Waals surface area contributed by atoms with Crippen LogP contribution in [0, 0.1) is 6.92 Å². The highest BCUT2D eigenvalue weighted by Crippen LogP contribution is 2.23. The van der Waals surface area contributed by atoms with Gasteiger partial charge in [-0.2, -0.15) is 0 Å². The summed E-state index contributed by atoms with van der Waals surface area (Å²) in [5.74, 6) is 0. The second-order valence-corrected chi connectivity index (χ2v) is 3.71. The lowest BCUT2D eigenvalue weighted by Gasteiger charge is -1.97. The average molecular weight is 187 g/mol. The van der Waals surface area contributed by atoms with Gasteiger partial charge in [0, 0.05) is 17.4 Å². The Kier molecular flexibility index (Phi) is 2.32. The Labute approximate surface area is 85.4 Å². The zero-order valence-corrected chi connectivity index (χ0v) is 9.17. The fraction of sp³-hybridized carbons (Fsp3) is 0.385. The lowest BCUT2D eigenvalue weighted by atomic mass is 10.1. The molecule has 1 nitrogen and oxygen atoms in total. The Bertz CT molecular complexity index is 451. The van der Waals surface area contributed by atoms with Gasteiger partial charge in [-0.25, -0.2) is 0 Å². The monoisotopic (exact) mass is 187 g/mol. The highest BCUT2D eigenvalue weighted by atomic mass is 14.9. The van der Waals surface area contributed by atoms with E-state index in [1.54, 1.807) is 0 Å². The number of fused-ring (bicyclic) bond motifs is 1. The first-order valence-electron chi connectivity index (χ1n) is 5.37. The van der Waals surface area contributed by atoms with Crippen LogP contribution in [0.3, 0.4) is 0 Å². The van der Waals surface area contributed by atoms with Crippen LogP contribution in [0.4, 0.5) is 0 Å². The van der Waals surface area contributed by atoms with Gasteiger partial charge in [0.2, 0.25) is 0 Å². The van der Waals surface area contributed by atoms with Crippen LogP contribution in [0.2, 0.25) is 0 Å². The molecule has 0 fully saturated rings. The van der Waals surface area contributed by atoms with Crippen molar-refractivity contribution in [2.24, 2.45) is 0 Å². The third-order valence-electron chi connectivity index (χ3n) is 3.04. The number of hydrogen-bond acceptors (Lipinski definition) is 0. The second kappa shape index (κ2) is 3.49. The Hall–Kier alpha value is -1.24. The summed E-state index contributed by atoms with van der Waals surface area (Å²) in [6.45, 7) is 6.69. The van der Waals surface area contributed by atoms with Gasteiger partial charge >= 0.3 is 0 Å². The third kappa shape index (κ3) is 1.16. The topological polar surface area (TPSA) is 4.41 Å². The van der Waals surface area contributed by atoms with Crippen molar-refractivity contribution in [2.45, 2.75) is 33.6 Å². The van der Waals surface area contributed by atoms with E-state index in [9.17, 15) is 0 Å². The molecule has 0 radical (unpaired) electrons. The van der Waals surface area contributed by atoms with Crippen LogP contribution < -0.4 is 0 Å². The number of pyridine rings is 1. The van der Waals surface area contributed by atoms with Crippen LogP contribution in [-0.4, -0.2) is 4.40 Å². The van der Waals surface area contributed by atoms with Crippen LogP contribution >= 0.6 is 0 Å². The quantitative estimate of drug-likeness (QED) is 0.679. The normalized spacial score (nSPS) is 11.1. The van der Waals surface area contributed by atoms with Crippen molar-refractivity contribution >= 4 is 5.52 Å². The Balaban J connectivity index is 2.84. The minimum absolute atomic E-state index is 1.13. The number of aromatic nitrogens is 1. The first-order chi connectivity index (χ1) is 6.79. The number of rotatable bonds is 2. The predicted octanol–water partition coefficient (Wildman–Crippen LogP) is 3.37. The maximum Gasteiger partial charge on any atom is 0.0487 e. The molecule has 0 bridgehead atoms. The standard InChI is InChI=1S/C13H17N/c1-4-11-10(3)14-9-7-6-8-13(14)12(11)5-2/h6-9H,4-5H2,1-3H3. The summed E-state index contributed by atoms with van der Waals surface area (Å²) >= 11 is 0. The van der Waals surface area contributed by atoms with Gasteiger partial charge in [0.1, 0.15) is 0 Å². The fourth-order valence-electron chi connectivity index (χ4n) is 2.36. The van der Waals surface area contributed by atoms with Gasteiger partial charge in [-0.3, -0.25) is 0 Å². The number of nitrogens with zero attached hydrogens (tertiary/aromatic N) is 1. The van der Waals surface area contributed by atoms with E-state index < -0.39 is 0 Å². The number of aryl methyl sites for hydroxylation is 2. The molecule has 0 aliphatic heterocycles. The molecule has 2 aromatic heterocycles. The zero-order chi connectivity index (χ0) is 10.1. The van der Waals surface area contributed by atoms with Crippen molar-refractivity contribution in [1.82, 2.24) is 4.40 Å². The van der Waals surface area contributed by atoms with Gasteiger partial charge in [-0.15, -0.1) is 0 Å². The molecule has 2 rings (SSSR count). The Morgan fingerprint density at radius 3 is 2.43 bits per heavy atom. The summed E-state index contributed by atoms with van der Waals surface area (Å²) in [6.07, 6.45) is 4.42. The molecule has 0 saturated heterocycles. The molecule has 0 spiro atoms. The van der Waals surface area contributed by atoms with E-state index in [2.05, 4.69) is 49.6 Å². The van der Waals surface area contributed by atoms with E-state index in [1.807, 2.05) is 0 Å². The maximum absolute atomic E-state index is 2.30. The van der Waals surface area contributed by atoms with Crippen LogP contribution in [0.5, 0.6) is 0 Å². The largest absolute Gasteiger partial charge is 0.321 e. The molecule has 0 unspecified atom stereocenters. The van der Waals surface area contributed by atoms with Crippen molar-refractivity contribution in [3.8, 4) is 0 Å². The second-order valence-electron chi connectivity index (χ2n) is 3.71. The summed E-state index contributed by atoms with van der Waals surface area (Å²) in [5, 5.41) is 0. The molecule has 1 heteroatoms. The maximum atomic E-state index is 2.30. The molecule has 0 aliphatic carbocycles. The van der Waals surface area contributed by atoms with Crippen LogP contribution in [-0.2, 0) is 12.8 Å². The van der Waals surface area contributed by atoms with E-state index in [0.29, 0.717) is 0 Å². The van der Waals surface area contributed by atoms with Gasteiger partial charge in [0.25, 0.3) is 0 Å². The lowest BCUT2D eigenvalue weighted by molar-refractivity contribution is 1.02. The zero-order valence-electron chi connectivity index (χ0n) is 9.17. The van der Waals surface area contributed by atoms with Gasteiger partial charge in [-0.1, -0.05) is 19.9 Å². The fourth-order valence-corrected chi connectivity index (χ4v) is 2.36. The SMILES string of the molecule is CCc1c(CC)c2ccccn2c1C. The van der Waals surface area contributed by atoms with Crippen LogP contribution in [0.15, 0.2) is 24.4 Å². The van der Waals surface area contributed by atoms with E-state index in [1.165, 1.54) is 22.3 Å². The molecule has 0 aromatic carbocycles. The lowest BCUT2D eigenvalue weighted by Crippen LogP contribution is -1.87. The van der Waals surface area contributed by atoms with Crippen molar-refractivity contribution in [3.05, 3.63) is 41.2 Å². The van der Waals surface area contributed by atoms with Gasteiger partial charge in [0.05, 0.1) is 0 Å². The minimum Gasteiger partial charge on any atom is -0.321 e. The summed E-state index contributed by atoms with van der Waals surface area (Å²) in [4.78, 5) is 0. The summed E-state index contributed by atoms with van der Waals surface area (Å²) < 4.78 is 2.30. The summed E-state index contributed by atoms with van der Waals surface area (Å²) in [5.41, 5.74) is 5.83. The van der Waals surface area contributed by atoms with Crippen LogP contribution in [0.1, 0.15) is 30.7 Å². The van der Waals surface area contributed by atoms with Gasteiger partial charge in [-0.05, 0) is 43.0 Å². The molecule has 0 aliphatic rings. The molecule has 74 valence electrons. The van der Waals surface area contributed by atoms with Gasteiger partial charge < -0.3 is 4.40 Å². The molecular weight excluding hydrogens is 170 g/mol. The third-order valence-corrected chi connectivity index (χ3v) is 3.04. The number of hydrogen-bond donors (Lipinski definition) is 0. The van der Waals surface area contributed by atoms with E-state index >= 15 is 0 Å². The molecule has 0 N–H and O–H groups in total. The molecule has 0 atom stereocenters. The van der Waals surface area contributed by atoms with Crippen LogP contribution in [0.25, 0.3) is 5.52 Å². The average Bonchev–Trinajstić information content (AvgIpc) is 2.51. The Morgan fingerprint density at radius 1 is 1.07 bits per heavy atom. The highest BCUT2D eigenvalue weighted by Gasteiger charge is 2.10. The first kappa shape index (κ1) is 9.32. The summed E-state index contributed by atoms with van der Waals surface area (Å²) in [6, 6.07) is 6.43. The minimum atomic E-state index is 1.13. The highest BCUT2D eigenvalue weighted by molar-refractivity contribution is 5.61. The first-order valence-corrected chi connectivity index (χ1v) is 5.37. The van der Waals surface area contributed by atoms with E-state index in [-0.39, 0.29) is 0 Å². The Morgan fingerprint density at radius 2 is 1.79 bits per heavy atom. The molecule has 14 heavy (non-hydrogen) atoms. The van der Waals surface area contributed by atoms with Crippen molar-refractivity contribution < 1.29 is 0 Å². The summed E-state index contributed by atoms with van der Waals surface area (Å²) in [7, 11) is 0. The van der Waals surface area contributed by atoms with E-state index in [4.69, 9.17) is 0 Å². The molecular formula is C13H17N. The predicted molar refractivity (Wildman–Crippen MR) is 60.9 cm³/mol. The van der Waals surface area contributed by atoms with Crippen molar-refractivity contribution in [1.29, 1.82) is 0 Å². The van der Waals surface area contributed by atoms with Crippen molar-refractivity contribution in [2.75, 3.05) is 0 Å².